The van der Waals surface area contributed by atoms with Crippen LogP contribution in [0.5, 0.6) is 5.75 Å². The molecule has 0 bridgehead atoms. The van der Waals surface area contributed by atoms with Crippen molar-refractivity contribution >= 4 is 21.7 Å². The molecule has 0 unspecified atom stereocenters. The molecule has 1 N–H and O–H groups in total. The number of alkyl halides is 3. The van der Waals surface area contributed by atoms with E-state index in [4.69, 9.17) is 9.15 Å². The van der Waals surface area contributed by atoms with Crippen molar-refractivity contribution in [3.8, 4) is 16.9 Å². The monoisotopic (exact) mass is 455 g/mol. The van der Waals surface area contributed by atoms with Crippen LogP contribution in [-0.2, 0) is 20.9 Å². The molecule has 0 fully saturated rings. The van der Waals surface area contributed by atoms with Crippen molar-refractivity contribution in [2.45, 2.75) is 11.1 Å². The molecular weight excluding hydrogens is 439 g/mol. The Bertz CT molecular complexity index is 1200. The summed E-state index contributed by atoms with van der Waals surface area (Å²) < 4.78 is 82.6. The van der Waals surface area contributed by atoms with Crippen LogP contribution in [-0.4, -0.2) is 28.6 Å². The van der Waals surface area contributed by atoms with Gasteiger partial charge >= 0.3 is 12.1 Å². The lowest BCUT2D eigenvalue weighted by Gasteiger charge is -2.16. The highest BCUT2D eigenvalue weighted by molar-refractivity contribution is 7.92. The number of furan rings is 1. The van der Waals surface area contributed by atoms with E-state index in [1.807, 2.05) is 0 Å². The summed E-state index contributed by atoms with van der Waals surface area (Å²) in [5.41, 5.74) is -0.938. The van der Waals surface area contributed by atoms with E-state index in [0.717, 1.165) is 25.3 Å². The molecule has 7 nitrogen and oxygen atoms in total. The van der Waals surface area contributed by atoms with Gasteiger partial charge in [0.2, 0.25) is 0 Å². The Hall–Kier alpha value is -3.47. The van der Waals surface area contributed by atoms with E-state index in [9.17, 15) is 26.4 Å². The number of sulfonamides is 1. The van der Waals surface area contributed by atoms with Crippen LogP contribution >= 0.6 is 0 Å². The Morgan fingerprint density at radius 3 is 2.39 bits per heavy atom. The minimum atomic E-state index is -4.70. The first-order chi connectivity index (χ1) is 14.6. The predicted octanol–water partition coefficient (Wildman–Crippen LogP) is 4.56. The highest BCUT2D eigenvalue weighted by Gasteiger charge is 2.32. The molecule has 1 heterocycles. The van der Waals surface area contributed by atoms with Crippen LogP contribution in [0.3, 0.4) is 0 Å². The molecule has 3 aromatic rings. The van der Waals surface area contributed by atoms with Gasteiger partial charge in [-0.1, -0.05) is 6.07 Å². The third-order valence-corrected chi connectivity index (χ3v) is 5.68. The van der Waals surface area contributed by atoms with Crippen LogP contribution in [0, 0.1) is 0 Å². The van der Waals surface area contributed by atoms with E-state index < -0.39 is 32.6 Å². The second-order valence-electron chi connectivity index (χ2n) is 6.23. The summed E-state index contributed by atoms with van der Waals surface area (Å²) in [5, 5.41) is 0. The zero-order chi connectivity index (χ0) is 22.8. The second-order valence-corrected chi connectivity index (χ2v) is 7.88. The van der Waals surface area contributed by atoms with Crippen molar-refractivity contribution in [2.75, 3.05) is 18.9 Å². The van der Waals surface area contributed by atoms with Gasteiger partial charge in [-0.2, -0.15) is 13.2 Å². The average Bonchev–Trinajstić information content (AvgIpc) is 3.26. The summed E-state index contributed by atoms with van der Waals surface area (Å²) in [6.07, 6.45) is -2.13. The van der Waals surface area contributed by atoms with Gasteiger partial charge in [0.25, 0.3) is 10.0 Å². The number of halogens is 3. The first-order valence-electron chi connectivity index (χ1n) is 8.60. The number of methoxy groups -OCH3 is 2. The van der Waals surface area contributed by atoms with Crippen molar-refractivity contribution < 1.29 is 40.3 Å². The summed E-state index contributed by atoms with van der Waals surface area (Å²) in [5.74, 6) is -0.908. The van der Waals surface area contributed by atoms with E-state index >= 15 is 0 Å². The molecule has 0 radical (unpaired) electrons. The van der Waals surface area contributed by atoms with Gasteiger partial charge in [0.15, 0.2) is 0 Å². The molecule has 31 heavy (non-hydrogen) atoms. The molecule has 164 valence electrons. The van der Waals surface area contributed by atoms with E-state index in [1.54, 1.807) is 0 Å². The smallest absolute Gasteiger partial charge is 0.416 e. The molecule has 0 aliphatic rings. The molecular formula is C20H16F3NO6S. The van der Waals surface area contributed by atoms with Crippen molar-refractivity contribution in [1.82, 2.24) is 0 Å². The van der Waals surface area contributed by atoms with Crippen molar-refractivity contribution in [3.05, 3.63) is 66.1 Å². The number of hydrogen-bond donors (Lipinski definition) is 1. The summed E-state index contributed by atoms with van der Waals surface area (Å²) in [6, 6.07) is 7.66. The number of nitrogens with one attached hydrogen (secondary N) is 1. The zero-order valence-electron chi connectivity index (χ0n) is 16.2. The van der Waals surface area contributed by atoms with Gasteiger partial charge in [-0.3, -0.25) is 4.72 Å². The van der Waals surface area contributed by atoms with Crippen molar-refractivity contribution in [1.29, 1.82) is 0 Å². The molecule has 0 saturated carbocycles. The molecule has 1 aromatic heterocycles. The lowest BCUT2D eigenvalue weighted by Crippen LogP contribution is -2.17. The molecule has 2 aromatic carbocycles. The first kappa shape index (κ1) is 22.2. The number of benzene rings is 2. The maximum absolute atomic E-state index is 13.2. The second kappa shape index (κ2) is 8.34. The molecule has 0 atom stereocenters. The van der Waals surface area contributed by atoms with E-state index in [0.29, 0.717) is 11.6 Å². The number of carbonyl (C=O) groups excluding carboxylic acids is 1. The Balaban J connectivity index is 2.14. The number of anilines is 1. The predicted molar refractivity (Wildman–Crippen MR) is 104 cm³/mol. The van der Waals surface area contributed by atoms with Crippen LogP contribution in [0.2, 0.25) is 0 Å². The Morgan fingerprint density at radius 2 is 1.81 bits per heavy atom. The third kappa shape index (κ3) is 4.66. The normalized spacial score (nSPS) is 11.8. The fourth-order valence-electron chi connectivity index (χ4n) is 2.81. The quantitative estimate of drug-likeness (QED) is 0.548. The van der Waals surface area contributed by atoms with Gasteiger partial charge in [-0.15, -0.1) is 0 Å². The van der Waals surface area contributed by atoms with E-state index in [1.165, 1.54) is 37.8 Å². The number of hydrogen-bond acceptors (Lipinski definition) is 6. The minimum absolute atomic E-state index is 0.0808. The van der Waals surface area contributed by atoms with Crippen LogP contribution in [0.1, 0.15) is 15.9 Å². The third-order valence-electron chi connectivity index (χ3n) is 4.30. The maximum Gasteiger partial charge on any atom is 0.416 e. The summed E-state index contributed by atoms with van der Waals surface area (Å²) in [6.45, 7) is 0. The number of ether oxygens (including phenoxy) is 2. The van der Waals surface area contributed by atoms with Crippen molar-refractivity contribution in [3.63, 3.8) is 0 Å². The van der Waals surface area contributed by atoms with Crippen molar-refractivity contribution in [2.24, 2.45) is 0 Å². The zero-order valence-corrected chi connectivity index (χ0v) is 17.0. The maximum atomic E-state index is 13.2. The standard InChI is InChI=1S/C20H16F3NO6S/c1-28-17-6-3-12(19(25)29-2)9-18(17)31(26,27)24-16-10-14(20(21,22)23)4-5-15(16)13-7-8-30-11-13/h3-11,24H,1-2H3. The number of carbonyl (C=O) groups is 1. The van der Waals surface area contributed by atoms with E-state index in [2.05, 4.69) is 9.46 Å². The topological polar surface area (TPSA) is 94.8 Å². The van der Waals surface area contributed by atoms with E-state index in [-0.39, 0.29) is 22.6 Å². The van der Waals surface area contributed by atoms with Gasteiger partial charge in [-0.05, 0) is 36.4 Å². The molecule has 3 rings (SSSR count). The largest absolute Gasteiger partial charge is 0.495 e. The highest BCUT2D eigenvalue weighted by atomic mass is 32.2. The molecule has 0 spiro atoms. The fraction of sp³-hybridized carbons (Fsp3) is 0.150. The average molecular weight is 455 g/mol. The Labute approximate surface area is 175 Å². The SMILES string of the molecule is COC(=O)c1ccc(OC)c(S(=O)(=O)Nc2cc(C(F)(F)F)ccc2-c2ccoc2)c1. The van der Waals surface area contributed by atoms with Gasteiger partial charge < -0.3 is 13.9 Å². The Morgan fingerprint density at radius 1 is 1.06 bits per heavy atom. The molecule has 0 saturated heterocycles. The van der Waals surface area contributed by atoms with Crippen LogP contribution in [0.25, 0.3) is 11.1 Å². The van der Waals surface area contributed by atoms with Gasteiger partial charge in [-0.25, -0.2) is 13.2 Å². The van der Waals surface area contributed by atoms with Gasteiger partial charge in [0.1, 0.15) is 10.6 Å². The Kier molecular flexibility index (Phi) is 5.98. The van der Waals surface area contributed by atoms with Crippen LogP contribution in [0.4, 0.5) is 18.9 Å². The summed E-state index contributed by atoms with van der Waals surface area (Å²) in [4.78, 5) is 11.4. The van der Waals surface area contributed by atoms with Crippen LogP contribution in [0.15, 0.2) is 64.3 Å². The molecule has 0 aliphatic heterocycles. The fourth-order valence-corrected chi connectivity index (χ4v) is 4.07. The van der Waals surface area contributed by atoms with Crippen LogP contribution < -0.4 is 9.46 Å². The lowest BCUT2D eigenvalue weighted by molar-refractivity contribution is -0.137. The number of esters is 1. The molecule has 0 amide bonds. The molecule has 0 aliphatic carbocycles. The highest BCUT2D eigenvalue weighted by Crippen LogP contribution is 2.37. The molecule has 11 heteroatoms. The summed E-state index contributed by atoms with van der Waals surface area (Å²) >= 11 is 0. The van der Waals surface area contributed by atoms with Gasteiger partial charge in [0, 0.05) is 11.1 Å². The lowest BCUT2D eigenvalue weighted by atomic mass is 10.0. The number of rotatable bonds is 6. The van der Waals surface area contributed by atoms with Gasteiger partial charge in [0.05, 0.1) is 43.6 Å². The minimum Gasteiger partial charge on any atom is -0.495 e. The first-order valence-corrected chi connectivity index (χ1v) is 10.1. The summed E-state index contributed by atoms with van der Waals surface area (Å²) in [7, 11) is -2.14.